The van der Waals surface area contributed by atoms with Crippen molar-refractivity contribution >= 4 is 11.9 Å². The van der Waals surface area contributed by atoms with Gasteiger partial charge in [-0.25, -0.2) is 4.79 Å². The number of allylic oxidation sites excluding steroid dienone is 1. The summed E-state index contributed by atoms with van der Waals surface area (Å²) < 4.78 is 17.0. The molecule has 2 saturated heterocycles. The Kier molecular flexibility index (Phi) is 5.22. The van der Waals surface area contributed by atoms with Crippen LogP contribution in [0.4, 0.5) is 0 Å². The molecule has 0 radical (unpaired) electrons. The number of esters is 2. The van der Waals surface area contributed by atoms with E-state index in [0.717, 1.165) is 5.57 Å². The van der Waals surface area contributed by atoms with Gasteiger partial charge < -0.3 is 24.4 Å². The topological polar surface area (TPSA) is 106 Å². The summed E-state index contributed by atoms with van der Waals surface area (Å²) >= 11 is 0. The minimum Gasteiger partial charge on any atom is -0.459 e. The van der Waals surface area contributed by atoms with Crippen LogP contribution in [0.2, 0.25) is 0 Å². The first kappa shape index (κ1) is 20.0. The van der Waals surface area contributed by atoms with Crippen LogP contribution in [-0.2, 0) is 23.8 Å². The molecule has 7 nitrogen and oxygen atoms in total. The predicted molar refractivity (Wildman–Crippen MR) is 95.5 cm³/mol. The van der Waals surface area contributed by atoms with Gasteiger partial charge >= 0.3 is 11.9 Å². The van der Waals surface area contributed by atoms with E-state index in [9.17, 15) is 19.8 Å². The van der Waals surface area contributed by atoms with Gasteiger partial charge in [0.2, 0.25) is 0 Å². The molecule has 0 bridgehead atoms. The minimum absolute atomic E-state index is 0.331. The quantitative estimate of drug-likeness (QED) is 0.322. The molecule has 0 aromatic rings. The van der Waals surface area contributed by atoms with Crippen molar-refractivity contribution in [1.82, 2.24) is 0 Å². The molecule has 7 heteroatoms. The van der Waals surface area contributed by atoms with Crippen LogP contribution in [0.25, 0.3) is 0 Å². The van der Waals surface area contributed by atoms with Crippen LogP contribution in [0.1, 0.15) is 41.0 Å². The van der Waals surface area contributed by atoms with Gasteiger partial charge in [0.25, 0.3) is 0 Å². The molecule has 27 heavy (non-hydrogen) atoms. The highest BCUT2D eigenvalue weighted by molar-refractivity contribution is 5.87. The number of carbonyl (C=O) groups is 2. The largest absolute Gasteiger partial charge is 0.459 e. The Balaban J connectivity index is 1.99. The fourth-order valence-electron chi connectivity index (χ4n) is 4.14. The third kappa shape index (κ3) is 3.44. The predicted octanol–water partition coefficient (Wildman–Crippen LogP) is 1.27. The number of aliphatic hydroxyl groups is 2. The Morgan fingerprint density at radius 1 is 1.41 bits per heavy atom. The van der Waals surface area contributed by atoms with E-state index < -0.39 is 53.9 Å². The third-order valence-electron chi connectivity index (χ3n) is 6.10. The molecule has 150 valence electrons. The zero-order valence-electron chi connectivity index (χ0n) is 16.3. The molecule has 2 N–H and O–H groups in total. The number of carbonyl (C=O) groups excluding carboxylic acids is 2. The standard InChI is InChI=1S/C20H28O7/c1-6-10(3)18(23)25-13-8-9(2)7-12(21)16(22)20(5)17(27-20)15-14(13)11(4)19(24)26-15/h6-7,11-17,21-22H,8H2,1-5H3/b9-7+,10-6+/t11-,12-,13-,14+,15-,16+,17+,20-/m1/s1. The van der Waals surface area contributed by atoms with E-state index in [-0.39, 0.29) is 5.97 Å². The minimum atomic E-state index is -1.14. The maximum atomic E-state index is 12.4. The molecule has 0 spiro atoms. The van der Waals surface area contributed by atoms with Crippen molar-refractivity contribution in [2.24, 2.45) is 11.8 Å². The van der Waals surface area contributed by atoms with Crippen molar-refractivity contribution in [2.45, 2.75) is 77.2 Å². The fraction of sp³-hybridized carbons (Fsp3) is 0.700. The highest BCUT2D eigenvalue weighted by Crippen LogP contribution is 2.50. The molecule has 0 amide bonds. The Morgan fingerprint density at radius 2 is 2.07 bits per heavy atom. The lowest BCUT2D eigenvalue weighted by Gasteiger charge is -2.31. The number of fused-ring (bicyclic) bond motifs is 3. The number of hydrogen-bond acceptors (Lipinski definition) is 7. The molecule has 0 saturated carbocycles. The van der Waals surface area contributed by atoms with Crippen LogP contribution in [0.15, 0.2) is 23.3 Å². The Hall–Kier alpha value is -1.70. The van der Waals surface area contributed by atoms with Crippen molar-refractivity contribution in [3.05, 3.63) is 23.3 Å². The normalized spacial score (nSPS) is 46.5. The first-order chi connectivity index (χ1) is 12.6. The van der Waals surface area contributed by atoms with E-state index in [1.54, 1.807) is 46.8 Å². The summed E-state index contributed by atoms with van der Waals surface area (Å²) in [4.78, 5) is 24.7. The zero-order chi connectivity index (χ0) is 20.1. The van der Waals surface area contributed by atoms with Crippen molar-refractivity contribution in [2.75, 3.05) is 0 Å². The van der Waals surface area contributed by atoms with Crippen LogP contribution in [0, 0.1) is 11.8 Å². The van der Waals surface area contributed by atoms with Gasteiger partial charge in [-0.05, 0) is 27.7 Å². The second kappa shape index (κ2) is 7.04. The van der Waals surface area contributed by atoms with Gasteiger partial charge in [-0.3, -0.25) is 4.79 Å². The van der Waals surface area contributed by atoms with Gasteiger partial charge in [-0.2, -0.15) is 0 Å². The maximum Gasteiger partial charge on any atom is 0.333 e. The van der Waals surface area contributed by atoms with Gasteiger partial charge in [0.05, 0.1) is 5.92 Å². The summed E-state index contributed by atoms with van der Waals surface area (Å²) in [7, 11) is 0. The molecule has 1 aliphatic carbocycles. The summed E-state index contributed by atoms with van der Waals surface area (Å²) in [6.07, 6.45) is -0.517. The molecule has 2 aliphatic heterocycles. The second-order valence-electron chi connectivity index (χ2n) is 8.06. The first-order valence-electron chi connectivity index (χ1n) is 9.35. The molecule has 0 aromatic heterocycles. The van der Waals surface area contributed by atoms with Crippen LogP contribution in [0.3, 0.4) is 0 Å². The molecule has 2 heterocycles. The van der Waals surface area contributed by atoms with Crippen molar-refractivity contribution in [1.29, 1.82) is 0 Å². The van der Waals surface area contributed by atoms with Gasteiger partial charge in [-0.1, -0.05) is 24.6 Å². The number of aliphatic hydroxyl groups excluding tert-OH is 2. The average Bonchev–Trinajstić information content (AvgIpc) is 3.21. The first-order valence-corrected chi connectivity index (χ1v) is 9.35. The number of ether oxygens (including phenoxy) is 3. The van der Waals surface area contributed by atoms with E-state index in [1.165, 1.54) is 0 Å². The number of epoxide rings is 1. The molecule has 0 unspecified atom stereocenters. The summed E-state index contributed by atoms with van der Waals surface area (Å²) in [6, 6.07) is 0. The SMILES string of the molecule is C/C=C(\C)C(=O)O[C@@H]1C/C(C)=C/[C@@H](O)[C@H](O)[C@@]2(C)O[C@H]2[C@@H]2OC(=O)[C@H](C)[C@H]21. The van der Waals surface area contributed by atoms with Gasteiger partial charge in [0.1, 0.15) is 36.1 Å². The van der Waals surface area contributed by atoms with Crippen LogP contribution < -0.4 is 0 Å². The molecular formula is C20H28O7. The van der Waals surface area contributed by atoms with E-state index in [4.69, 9.17) is 14.2 Å². The average molecular weight is 380 g/mol. The summed E-state index contributed by atoms with van der Waals surface area (Å²) in [5, 5.41) is 20.8. The molecule has 0 aromatic carbocycles. The van der Waals surface area contributed by atoms with E-state index in [1.807, 2.05) is 0 Å². The highest BCUT2D eigenvalue weighted by atomic mass is 16.7. The fourth-order valence-corrected chi connectivity index (χ4v) is 4.14. The van der Waals surface area contributed by atoms with E-state index in [2.05, 4.69) is 0 Å². The summed E-state index contributed by atoms with van der Waals surface area (Å²) in [5.41, 5.74) is 0.214. The van der Waals surface area contributed by atoms with Gasteiger partial charge in [0.15, 0.2) is 0 Å². The Bertz CT molecular complexity index is 696. The maximum absolute atomic E-state index is 12.4. The smallest absolute Gasteiger partial charge is 0.333 e. The summed E-state index contributed by atoms with van der Waals surface area (Å²) in [6.45, 7) is 8.67. The van der Waals surface area contributed by atoms with Crippen molar-refractivity contribution in [3.8, 4) is 0 Å². The lowest BCUT2D eigenvalue weighted by molar-refractivity contribution is -0.149. The zero-order valence-corrected chi connectivity index (χ0v) is 16.3. The van der Waals surface area contributed by atoms with Crippen molar-refractivity contribution < 1.29 is 34.0 Å². The highest BCUT2D eigenvalue weighted by Gasteiger charge is 2.68. The number of rotatable bonds is 2. The molecular weight excluding hydrogens is 352 g/mol. The van der Waals surface area contributed by atoms with E-state index in [0.29, 0.717) is 12.0 Å². The van der Waals surface area contributed by atoms with Crippen molar-refractivity contribution in [3.63, 3.8) is 0 Å². The lowest BCUT2D eigenvalue weighted by Crippen LogP contribution is -2.45. The molecule has 3 aliphatic rings. The monoisotopic (exact) mass is 380 g/mol. The second-order valence-corrected chi connectivity index (χ2v) is 8.06. The van der Waals surface area contributed by atoms with Crippen LogP contribution in [-0.4, -0.2) is 58.3 Å². The molecule has 8 atom stereocenters. The van der Waals surface area contributed by atoms with Gasteiger partial charge in [-0.15, -0.1) is 0 Å². The number of hydrogen-bond donors (Lipinski definition) is 2. The summed E-state index contributed by atoms with van der Waals surface area (Å²) in [5.74, 6) is -1.69. The van der Waals surface area contributed by atoms with Crippen LogP contribution in [0.5, 0.6) is 0 Å². The van der Waals surface area contributed by atoms with Gasteiger partial charge in [0, 0.05) is 17.9 Å². The molecule has 3 rings (SSSR count). The van der Waals surface area contributed by atoms with E-state index >= 15 is 0 Å². The third-order valence-corrected chi connectivity index (χ3v) is 6.10. The Morgan fingerprint density at radius 3 is 2.70 bits per heavy atom. The molecule has 2 fully saturated rings. The Labute approximate surface area is 159 Å². The lowest BCUT2D eigenvalue weighted by atomic mass is 9.78. The van der Waals surface area contributed by atoms with Crippen LogP contribution >= 0.6 is 0 Å².